The van der Waals surface area contributed by atoms with Gasteiger partial charge in [-0.1, -0.05) is 60.1 Å². The Hall–Kier alpha value is -3.31. The van der Waals surface area contributed by atoms with E-state index in [1.54, 1.807) is 54.6 Å². The van der Waals surface area contributed by atoms with E-state index in [1.807, 2.05) is 24.3 Å². The zero-order valence-corrected chi connectivity index (χ0v) is 15.1. The Labute approximate surface area is 161 Å². The molecule has 0 spiro atoms. The first-order chi connectivity index (χ1) is 13.1. The predicted octanol–water partition coefficient (Wildman–Crippen LogP) is 3.99. The topological polar surface area (TPSA) is 67.4 Å². The molecule has 0 bridgehead atoms. The molecular formula is C21H17ClN2O3. The molecule has 5 nitrogen and oxygen atoms in total. The maximum Gasteiger partial charge on any atom is 0.273 e. The van der Waals surface area contributed by atoms with Gasteiger partial charge in [-0.2, -0.15) is 0 Å². The number of rotatable bonds is 5. The smallest absolute Gasteiger partial charge is 0.273 e. The third kappa shape index (κ3) is 4.86. The van der Waals surface area contributed by atoms with Crippen LogP contribution in [-0.2, 0) is 6.61 Å². The van der Waals surface area contributed by atoms with E-state index in [-0.39, 0.29) is 6.61 Å². The fourth-order valence-corrected chi connectivity index (χ4v) is 2.58. The first-order valence-corrected chi connectivity index (χ1v) is 8.64. The Morgan fingerprint density at radius 3 is 2.19 bits per heavy atom. The fourth-order valence-electron chi connectivity index (χ4n) is 2.39. The summed E-state index contributed by atoms with van der Waals surface area (Å²) < 4.78 is 5.76. The minimum absolute atomic E-state index is 0.223. The zero-order valence-electron chi connectivity index (χ0n) is 14.3. The minimum atomic E-state index is -0.478. The average molecular weight is 381 g/mol. The summed E-state index contributed by atoms with van der Waals surface area (Å²) >= 11 is 6.13. The summed E-state index contributed by atoms with van der Waals surface area (Å²) in [5.74, 6) is -0.490. The molecule has 0 aliphatic carbocycles. The highest BCUT2D eigenvalue weighted by atomic mass is 35.5. The number of hydrogen-bond acceptors (Lipinski definition) is 3. The van der Waals surface area contributed by atoms with Crippen molar-refractivity contribution in [1.82, 2.24) is 10.9 Å². The van der Waals surface area contributed by atoms with Gasteiger partial charge in [0, 0.05) is 16.1 Å². The van der Waals surface area contributed by atoms with Crippen LogP contribution < -0.4 is 15.6 Å². The SMILES string of the molecule is O=C(NNC(=O)c1ccccc1OCc1ccccc1Cl)c1ccccc1. The highest BCUT2D eigenvalue weighted by molar-refractivity contribution is 6.31. The Morgan fingerprint density at radius 2 is 1.41 bits per heavy atom. The van der Waals surface area contributed by atoms with E-state index < -0.39 is 11.8 Å². The lowest BCUT2D eigenvalue weighted by atomic mass is 10.2. The maximum atomic E-state index is 12.4. The first kappa shape index (κ1) is 18.5. The molecule has 0 heterocycles. The number of carbonyl (C=O) groups is 2. The highest BCUT2D eigenvalue weighted by Gasteiger charge is 2.14. The van der Waals surface area contributed by atoms with Gasteiger partial charge in [0.2, 0.25) is 0 Å². The van der Waals surface area contributed by atoms with Crippen molar-refractivity contribution in [2.24, 2.45) is 0 Å². The second-order valence-corrected chi connectivity index (χ2v) is 6.06. The van der Waals surface area contributed by atoms with Gasteiger partial charge in [0.25, 0.3) is 11.8 Å². The molecule has 2 N–H and O–H groups in total. The Bertz CT molecular complexity index is 945. The fraction of sp³-hybridized carbons (Fsp3) is 0.0476. The number of nitrogens with one attached hydrogen (secondary N) is 2. The number of hydrogen-bond donors (Lipinski definition) is 2. The maximum absolute atomic E-state index is 12.4. The van der Waals surface area contributed by atoms with Crippen molar-refractivity contribution in [3.05, 3.63) is 101 Å². The molecular weight excluding hydrogens is 364 g/mol. The van der Waals surface area contributed by atoms with Crippen LogP contribution in [0.4, 0.5) is 0 Å². The summed E-state index contributed by atoms with van der Waals surface area (Å²) in [6.07, 6.45) is 0. The van der Waals surface area contributed by atoms with E-state index in [2.05, 4.69) is 10.9 Å². The van der Waals surface area contributed by atoms with Crippen LogP contribution in [0.2, 0.25) is 5.02 Å². The first-order valence-electron chi connectivity index (χ1n) is 8.26. The minimum Gasteiger partial charge on any atom is -0.488 e. The van der Waals surface area contributed by atoms with Gasteiger partial charge < -0.3 is 4.74 Å². The van der Waals surface area contributed by atoms with Crippen molar-refractivity contribution >= 4 is 23.4 Å². The van der Waals surface area contributed by atoms with Gasteiger partial charge in [0.1, 0.15) is 12.4 Å². The van der Waals surface area contributed by atoms with Gasteiger partial charge in [-0.3, -0.25) is 20.4 Å². The van der Waals surface area contributed by atoms with E-state index in [1.165, 1.54) is 0 Å². The molecule has 3 aromatic rings. The number of ether oxygens (including phenoxy) is 1. The lowest BCUT2D eigenvalue weighted by molar-refractivity contribution is 0.0844. The molecule has 6 heteroatoms. The van der Waals surface area contributed by atoms with Gasteiger partial charge in [0.05, 0.1) is 5.56 Å². The molecule has 0 aliphatic rings. The van der Waals surface area contributed by atoms with Gasteiger partial charge in [-0.05, 0) is 30.3 Å². The van der Waals surface area contributed by atoms with E-state index in [0.29, 0.717) is 21.9 Å². The van der Waals surface area contributed by atoms with Crippen molar-refractivity contribution < 1.29 is 14.3 Å². The van der Waals surface area contributed by atoms with Crippen LogP contribution in [-0.4, -0.2) is 11.8 Å². The third-order valence-corrected chi connectivity index (χ3v) is 4.17. The molecule has 136 valence electrons. The summed E-state index contributed by atoms with van der Waals surface area (Å²) in [6.45, 7) is 0.223. The van der Waals surface area contributed by atoms with Gasteiger partial charge in [-0.15, -0.1) is 0 Å². The standard InChI is InChI=1S/C21H17ClN2O3/c22-18-12-6-4-10-16(18)14-27-19-13-7-5-11-17(19)21(26)24-23-20(25)15-8-2-1-3-9-15/h1-13H,14H2,(H,23,25)(H,24,26). The lowest BCUT2D eigenvalue weighted by Gasteiger charge is -2.13. The summed E-state index contributed by atoms with van der Waals surface area (Å²) in [7, 11) is 0. The molecule has 0 saturated carbocycles. The molecule has 0 radical (unpaired) electrons. The Morgan fingerprint density at radius 1 is 0.778 bits per heavy atom. The van der Waals surface area contributed by atoms with Crippen LogP contribution in [0, 0.1) is 0 Å². The number of para-hydroxylation sites is 1. The van der Waals surface area contributed by atoms with Crippen molar-refractivity contribution in [2.45, 2.75) is 6.61 Å². The molecule has 0 saturated heterocycles. The van der Waals surface area contributed by atoms with Crippen LogP contribution in [0.25, 0.3) is 0 Å². The largest absolute Gasteiger partial charge is 0.488 e. The van der Waals surface area contributed by atoms with Crippen molar-refractivity contribution in [3.8, 4) is 5.75 Å². The molecule has 0 fully saturated rings. The van der Waals surface area contributed by atoms with Crippen molar-refractivity contribution in [1.29, 1.82) is 0 Å². The number of hydrazine groups is 1. The van der Waals surface area contributed by atoms with E-state index in [4.69, 9.17) is 16.3 Å². The second kappa shape index (κ2) is 8.87. The van der Waals surface area contributed by atoms with Crippen LogP contribution >= 0.6 is 11.6 Å². The third-order valence-electron chi connectivity index (χ3n) is 3.80. The molecule has 27 heavy (non-hydrogen) atoms. The summed E-state index contributed by atoms with van der Waals surface area (Å²) in [4.78, 5) is 24.5. The van der Waals surface area contributed by atoms with E-state index in [0.717, 1.165) is 5.56 Å². The van der Waals surface area contributed by atoms with Gasteiger partial charge in [-0.25, -0.2) is 0 Å². The summed E-state index contributed by atoms with van der Waals surface area (Å²) in [5.41, 5.74) is 6.36. The number of benzene rings is 3. The number of halogens is 1. The van der Waals surface area contributed by atoms with Gasteiger partial charge in [0.15, 0.2) is 0 Å². The van der Waals surface area contributed by atoms with Crippen molar-refractivity contribution in [2.75, 3.05) is 0 Å². The molecule has 3 aromatic carbocycles. The van der Waals surface area contributed by atoms with Crippen LogP contribution in [0.15, 0.2) is 78.9 Å². The second-order valence-electron chi connectivity index (χ2n) is 5.65. The van der Waals surface area contributed by atoms with Gasteiger partial charge >= 0.3 is 0 Å². The highest BCUT2D eigenvalue weighted by Crippen LogP contribution is 2.21. The summed E-state index contributed by atoms with van der Waals surface area (Å²) in [6, 6.07) is 22.7. The van der Waals surface area contributed by atoms with Crippen LogP contribution in [0.5, 0.6) is 5.75 Å². The monoisotopic (exact) mass is 380 g/mol. The molecule has 0 aromatic heterocycles. The Balaban J connectivity index is 1.65. The number of carbonyl (C=O) groups excluding carboxylic acids is 2. The molecule has 0 atom stereocenters. The Kier molecular flexibility index (Phi) is 6.07. The molecule has 2 amide bonds. The molecule has 0 unspecified atom stereocenters. The molecule has 3 rings (SSSR count). The van der Waals surface area contributed by atoms with Crippen LogP contribution in [0.1, 0.15) is 26.3 Å². The van der Waals surface area contributed by atoms with E-state index in [9.17, 15) is 9.59 Å². The molecule has 0 aliphatic heterocycles. The van der Waals surface area contributed by atoms with Crippen molar-refractivity contribution in [3.63, 3.8) is 0 Å². The lowest BCUT2D eigenvalue weighted by Crippen LogP contribution is -2.41. The average Bonchev–Trinajstić information content (AvgIpc) is 2.72. The normalized spacial score (nSPS) is 10.1. The zero-order chi connectivity index (χ0) is 19.1. The quantitative estimate of drug-likeness (QED) is 0.657. The van der Waals surface area contributed by atoms with Crippen LogP contribution in [0.3, 0.4) is 0 Å². The predicted molar refractivity (Wildman–Crippen MR) is 104 cm³/mol. The summed E-state index contributed by atoms with van der Waals surface area (Å²) in [5, 5.41) is 0.592. The van der Waals surface area contributed by atoms with E-state index >= 15 is 0 Å². The number of amides is 2.